The summed E-state index contributed by atoms with van der Waals surface area (Å²) in [6, 6.07) is 1.20. The summed E-state index contributed by atoms with van der Waals surface area (Å²) in [5, 5.41) is 7.30. The SMILES string of the molecule is Cc1cc(C)n(CC(=O)NNC(=O)[C@@H](NC(=O)C23CC4CC(CC(C4)C2)C3)C(C)C)n1. The van der Waals surface area contributed by atoms with Crippen LogP contribution in [0.3, 0.4) is 0 Å². The van der Waals surface area contributed by atoms with Gasteiger partial charge < -0.3 is 5.32 Å². The van der Waals surface area contributed by atoms with Crippen molar-refractivity contribution in [3.8, 4) is 0 Å². The predicted octanol–water partition coefficient (Wildman–Crippen LogP) is 2.00. The number of carbonyl (C=O) groups is 3. The van der Waals surface area contributed by atoms with Gasteiger partial charge in [-0.15, -0.1) is 0 Å². The molecule has 8 nitrogen and oxygen atoms in total. The Bertz CT molecular complexity index is 839. The lowest BCUT2D eigenvalue weighted by Gasteiger charge is -2.55. The fourth-order valence-corrected chi connectivity index (χ4v) is 6.44. The number of amides is 3. The molecule has 0 aromatic carbocycles. The number of nitrogens with zero attached hydrogens (tertiary/aromatic N) is 2. The molecule has 0 unspecified atom stereocenters. The minimum absolute atomic E-state index is 0.0198. The van der Waals surface area contributed by atoms with E-state index in [9.17, 15) is 14.4 Å². The van der Waals surface area contributed by atoms with Crippen molar-refractivity contribution in [3.05, 3.63) is 17.5 Å². The number of hydrazine groups is 1. The average Bonchev–Trinajstić information content (AvgIpc) is 2.99. The van der Waals surface area contributed by atoms with Crippen LogP contribution in [0.2, 0.25) is 0 Å². The molecule has 4 aliphatic rings. The minimum Gasteiger partial charge on any atom is -0.344 e. The van der Waals surface area contributed by atoms with Crippen molar-refractivity contribution in [1.29, 1.82) is 0 Å². The van der Waals surface area contributed by atoms with Gasteiger partial charge in [-0.2, -0.15) is 5.10 Å². The first-order valence-electron chi connectivity index (χ1n) is 11.6. The zero-order chi connectivity index (χ0) is 22.3. The summed E-state index contributed by atoms with van der Waals surface area (Å²) in [5.41, 5.74) is 6.36. The highest BCUT2D eigenvalue weighted by molar-refractivity contribution is 5.91. The van der Waals surface area contributed by atoms with Gasteiger partial charge in [0.15, 0.2) is 0 Å². The number of carbonyl (C=O) groups excluding carboxylic acids is 3. The third-order valence-corrected chi connectivity index (χ3v) is 7.48. The molecule has 4 aliphatic carbocycles. The summed E-state index contributed by atoms with van der Waals surface area (Å²) in [7, 11) is 0. The molecule has 0 spiro atoms. The van der Waals surface area contributed by atoms with Crippen molar-refractivity contribution >= 4 is 17.7 Å². The number of hydrogen-bond acceptors (Lipinski definition) is 4. The highest BCUT2D eigenvalue weighted by Crippen LogP contribution is 2.60. The van der Waals surface area contributed by atoms with Crippen LogP contribution in [-0.4, -0.2) is 33.5 Å². The summed E-state index contributed by atoms with van der Waals surface area (Å²) in [5.74, 6) is 1.16. The molecule has 3 N–H and O–H groups in total. The Morgan fingerprint density at radius 1 is 1.06 bits per heavy atom. The van der Waals surface area contributed by atoms with E-state index in [1.54, 1.807) is 4.68 Å². The van der Waals surface area contributed by atoms with Gasteiger partial charge in [-0.1, -0.05) is 13.8 Å². The number of nitrogens with one attached hydrogen (secondary N) is 3. The number of aryl methyl sites for hydroxylation is 2. The Balaban J connectivity index is 1.34. The predicted molar refractivity (Wildman–Crippen MR) is 115 cm³/mol. The molecule has 170 valence electrons. The van der Waals surface area contributed by atoms with Crippen LogP contribution in [0.15, 0.2) is 6.07 Å². The second kappa shape index (κ2) is 8.28. The zero-order valence-electron chi connectivity index (χ0n) is 19.0. The van der Waals surface area contributed by atoms with Crippen LogP contribution in [0.4, 0.5) is 0 Å². The molecule has 1 aromatic rings. The highest BCUT2D eigenvalue weighted by atomic mass is 16.2. The van der Waals surface area contributed by atoms with E-state index >= 15 is 0 Å². The van der Waals surface area contributed by atoms with Gasteiger partial charge in [0.2, 0.25) is 5.91 Å². The molecule has 1 aromatic heterocycles. The maximum atomic E-state index is 13.3. The van der Waals surface area contributed by atoms with Crippen LogP contribution in [0, 0.1) is 42.9 Å². The second-order valence-corrected chi connectivity index (χ2v) is 10.5. The quantitative estimate of drug-likeness (QED) is 0.602. The standard InChI is InChI=1S/C23H35N5O3/c1-13(2)20(21(30)26-25-19(29)12-28-15(4)5-14(3)27-28)24-22(31)23-9-16-6-17(10-23)8-18(7-16)11-23/h5,13,16-18,20H,6-12H2,1-4H3,(H,24,31)(H,25,29)(H,26,30)/t16?,17?,18?,20-,23?/m0/s1. The van der Waals surface area contributed by atoms with Crippen LogP contribution < -0.4 is 16.2 Å². The molecule has 8 heteroatoms. The van der Waals surface area contributed by atoms with Crippen LogP contribution in [0.1, 0.15) is 63.8 Å². The third-order valence-electron chi connectivity index (χ3n) is 7.48. The molecule has 4 saturated carbocycles. The Morgan fingerprint density at radius 3 is 2.13 bits per heavy atom. The van der Waals surface area contributed by atoms with E-state index in [1.165, 1.54) is 19.3 Å². The lowest BCUT2D eigenvalue weighted by molar-refractivity contribution is -0.149. The largest absolute Gasteiger partial charge is 0.344 e. The Kier molecular flexibility index (Phi) is 5.83. The molecule has 1 heterocycles. The Morgan fingerprint density at radius 2 is 1.65 bits per heavy atom. The third kappa shape index (κ3) is 4.48. The fraction of sp³-hybridized carbons (Fsp3) is 0.739. The van der Waals surface area contributed by atoms with E-state index < -0.39 is 11.9 Å². The van der Waals surface area contributed by atoms with Gasteiger partial charge >= 0.3 is 0 Å². The van der Waals surface area contributed by atoms with Crippen LogP contribution >= 0.6 is 0 Å². The van der Waals surface area contributed by atoms with E-state index in [2.05, 4.69) is 21.3 Å². The molecular formula is C23H35N5O3. The van der Waals surface area contributed by atoms with Gasteiger partial charge in [0.1, 0.15) is 12.6 Å². The van der Waals surface area contributed by atoms with Gasteiger partial charge in [0.25, 0.3) is 11.8 Å². The monoisotopic (exact) mass is 429 g/mol. The smallest absolute Gasteiger partial charge is 0.261 e. The summed E-state index contributed by atoms with van der Waals surface area (Å²) in [4.78, 5) is 38.4. The van der Waals surface area contributed by atoms with E-state index in [0.29, 0.717) is 17.8 Å². The summed E-state index contributed by atoms with van der Waals surface area (Å²) < 4.78 is 1.59. The van der Waals surface area contributed by atoms with Crippen LogP contribution in [0.5, 0.6) is 0 Å². The van der Waals surface area contributed by atoms with Crippen molar-refractivity contribution in [2.75, 3.05) is 0 Å². The highest BCUT2D eigenvalue weighted by Gasteiger charge is 2.55. The van der Waals surface area contributed by atoms with Crippen molar-refractivity contribution in [2.24, 2.45) is 29.1 Å². The van der Waals surface area contributed by atoms with Gasteiger partial charge in [-0.25, -0.2) is 0 Å². The van der Waals surface area contributed by atoms with Crippen molar-refractivity contribution < 1.29 is 14.4 Å². The molecule has 3 amide bonds. The lowest BCUT2D eigenvalue weighted by atomic mass is 9.49. The fourth-order valence-electron chi connectivity index (χ4n) is 6.44. The lowest BCUT2D eigenvalue weighted by Crippen LogP contribution is -2.60. The molecule has 0 radical (unpaired) electrons. The summed E-state index contributed by atoms with van der Waals surface area (Å²) in [6.45, 7) is 7.57. The molecular weight excluding hydrogens is 394 g/mol. The van der Waals surface area contributed by atoms with Crippen molar-refractivity contribution in [1.82, 2.24) is 25.9 Å². The topological polar surface area (TPSA) is 105 Å². The molecule has 0 aliphatic heterocycles. The number of hydrogen-bond donors (Lipinski definition) is 3. The first-order chi connectivity index (χ1) is 14.6. The van der Waals surface area contributed by atoms with E-state index in [-0.39, 0.29) is 29.7 Å². The molecule has 4 fully saturated rings. The van der Waals surface area contributed by atoms with Crippen molar-refractivity contribution in [3.63, 3.8) is 0 Å². The maximum Gasteiger partial charge on any atom is 0.261 e. The van der Waals surface area contributed by atoms with E-state index in [4.69, 9.17) is 0 Å². The number of rotatable bonds is 6. The molecule has 1 atom stereocenters. The average molecular weight is 430 g/mol. The van der Waals surface area contributed by atoms with Gasteiger partial charge in [-0.3, -0.25) is 29.9 Å². The van der Waals surface area contributed by atoms with Gasteiger partial charge in [0, 0.05) is 11.1 Å². The first-order valence-corrected chi connectivity index (χ1v) is 11.6. The molecule has 4 bridgehead atoms. The van der Waals surface area contributed by atoms with E-state index in [1.807, 2.05) is 33.8 Å². The minimum atomic E-state index is -0.686. The van der Waals surface area contributed by atoms with Gasteiger partial charge in [-0.05, 0) is 82.1 Å². The first kappa shape index (κ1) is 21.8. The Labute approximate surface area is 183 Å². The number of aromatic nitrogens is 2. The van der Waals surface area contributed by atoms with E-state index in [0.717, 1.165) is 30.7 Å². The van der Waals surface area contributed by atoms with Crippen LogP contribution in [0.25, 0.3) is 0 Å². The summed E-state index contributed by atoms with van der Waals surface area (Å²) >= 11 is 0. The van der Waals surface area contributed by atoms with Crippen molar-refractivity contribution in [2.45, 2.75) is 78.8 Å². The Hall–Kier alpha value is -2.38. The zero-order valence-corrected chi connectivity index (χ0v) is 19.0. The maximum absolute atomic E-state index is 13.3. The summed E-state index contributed by atoms with van der Waals surface area (Å²) in [6.07, 6.45) is 6.66. The second-order valence-electron chi connectivity index (χ2n) is 10.5. The van der Waals surface area contributed by atoms with Crippen LogP contribution in [-0.2, 0) is 20.9 Å². The molecule has 5 rings (SSSR count). The van der Waals surface area contributed by atoms with Gasteiger partial charge in [0.05, 0.1) is 5.69 Å². The normalized spacial score (nSPS) is 29.6. The molecule has 31 heavy (non-hydrogen) atoms. The molecule has 0 saturated heterocycles.